The first-order valence-corrected chi connectivity index (χ1v) is 10.5. The number of nitrogens with zero attached hydrogens (tertiary/aromatic N) is 4. The second-order valence-corrected chi connectivity index (χ2v) is 7.48. The SMILES string of the molecule is COc1ccccc1-c1ccc(N2CCN(C(=O)C(C)Oc3ccccc3F)CC2)nn1. The lowest BCUT2D eigenvalue weighted by atomic mass is 10.1. The molecule has 1 atom stereocenters. The molecule has 166 valence electrons. The number of carbonyl (C=O) groups excluding carboxylic acids is 1. The first-order chi connectivity index (χ1) is 15.6. The predicted molar refractivity (Wildman–Crippen MR) is 119 cm³/mol. The predicted octanol–water partition coefficient (Wildman–Crippen LogP) is 3.41. The molecule has 0 spiro atoms. The van der Waals surface area contributed by atoms with E-state index in [1.807, 2.05) is 36.4 Å². The fourth-order valence-corrected chi connectivity index (χ4v) is 3.69. The number of halogens is 1. The van der Waals surface area contributed by atoms with Gasteiger partial charge in [0.15, 0.2) is 23.5 Å². The number of hydrogen-bond donors (Lipinski definition) is 0. The first kappa shape index (κ1) is 21.5. The summed E-state index contributed by atoms with van der Waals surface area (Å²) in [6.07, 6.45) is -0.765. The molecule has 1 aliphatic heterocycles. The number of amides is 1. The van der Waals surface area contributed by atoms with Gasteiger partial charge in [-0.1, -0.05) is 24.3 Å². The van der Waals surface area contributed by atoms with Crippen molar-refractivity contribution in [2.75, 3.05) is 38.2 Å². The van der Waals surface area contributed by atoms with Gasteiger partial charge in [-0.25, -0.2) is 4.39 Å². The lowest BCUT2D eigenvalue weighted by Gasteiger charge is -2.36. The minimum atomic E-state index is -0.765. The van der Waals surface area contributed by atoms with Crippen molar-refractivity contribution in [2.45, 2.75) is 13.0 Å². The highest BCUT2D eigenvalue weighted by atomic mass is 19.1. The summed E-state index contributed by atoms with van der Waals surface area (Å²) in [5.41, 5.74) is 1.62. The maximum absolute atomic E-state index is 13.8. The fraction of sp³-hybridized carbons (Fsp3) is 0.292. The molecule has 1 aliphatic rings. The Bertz CT molecular complexity index is 1070. The summed E-state index contributed by atoms with van der Waals surface area (Å²) >= 11 is 0. The Kier molecular flexibility index (Phi) is 6.49. The molecule has 3 aromatic rings. The Morgan fingerprint density at radius 2 is 1.62 bits per heavy atom. The van der Waals surface area contributed by atoms with Crippen LogP contribution in [0, 0.1) is 5.82 Å². The highest BCUT2D eigenvalue weighted by Crippen LogP contribution is 2.28. The van der Waals surface area contributed by atoms with Gasteiger partial charge >= 0.3 is 0 Å². The third kappa shape index (κ3) is 4.64. The van der Waals surface area contributed by atoms with Gasteiger partial charge in [0, 0.05) is 31.7 Å². The molecule has 2 aromatic carbocycles. The Hall–Kier alpha value is -3.68. The van der Waals surface area contributed by atoms with Crippen LogP contribution in [-0.4, -0.2) is 60.4 Å². The standard InChI is InChI=1S/C24H25FN4O3/c1-17(32-22-10-6-4-8-19(22)25)24(30)29-15-13-28(14-16-29)23-12-11-20(26-27-23)18-7-3-5-9-21(18)31-2/h3-12,17H,13-16H2,1-2H3. The zero-order valence-corrected chi connectivity index (χ0v) is 18.1. The summed E-state index contributed by atoms with van der Waals surface area (Å²) in [5, 5.41) is 8.74. The normalized spacial score (nSPS) is 14.7. The second kappa shape index (κ2) is 9.64. The number of ether oxygens (including phenoxy) is 2. The zero-order chi connectivity index (χ0) is 22.5. The third-order valence-electron chi connectivity index (χ3n) is 5.44. The van der Waals surface area contributed by atoms with Gasteiger partial charge in [-0.2, -0.15) is 0 Å². The van der Waals surface area contributed by atoms with Gasteiger partial charge in [0.25, 0.3) is 5.91 Å². The van der Waals surface area contributed by atoms with Crippen LogP contribution in [0.2, 0.25) is 0 Å². The minimum Gasteiger partial charge on any atom is -0.496 e. The molecular formula is C24H25FN4O3. The van der Waals surface area contributed by atoms with E-state index in [0.717, 1.165) is 22.8 Å². The Balaban J connectivity index is 1.35. The van der Waals surface area contributed by atoms with Gasteiger partial charge in [0.05, 0.1) is 12.8 Å². The maximum atomic E-state index is 13.8. The monoisotopic (exact) mass is 436 g/mol. The average Bonchev–Trinajstić information content (AvgIpc) is 2.85. The molecule has 0 aliphatic carbocycles. The maximum Gasteiger partial charge on any atom is 0.263 e. The average molecular weight is 436 g/mol. The molecule has 1 fully saturated rings. The van der Waals surface area contributed by atoms with E-state index in [9.17, 15) is 9.18 Å². The van der Waals surface area contributed by atoms with Gasteiger partial charge in [-0.05, 0) is 43.3 Å². The molecule has 1 saturated heterocycles. The van der Waals surface area contributed by atoms with E-state index in [0.29, 0.717) is 26.2 Å². The van der Waals surface area contributed by atoms with Crippen molar-refractivity contribution >= 4 is 11.7 Å². The van der Waals surface area contributed by atoms with E-state index >= 15 is 0 Å². The molecule has 0 saturated carbocycles. The van der Waals surface area contributed by atoms with E-state index in [-0.39, 0.29) is 11.7 Å². The van der Waals surface area contributed by atoms with E-state index in [4.69, 9.17) is 9.47 Å². The van der Waals surface area contributed by atoms with Crippen molar-refractivity contribution in [2.24, 2.45) is 0 Å². The summed E-state index contributed by atoms with van der Waals surface area (Å²) in [5.74, 6) is 0.940. The molecule has 8 heteroatoms. The molecule has 0 N–H and O–H groups in total. The van der Waals surface area contributed by atoms with Crippen molar-refractivity contribution in [3.8, 4) is 22.8 Å². The molecule has 4 rings (SSSR count). The highest BCUT2D eigenvalue weighted by molar-refractivity contribution is 5.81. The summed E-state index contributed by atoms with van der Waals surface area (Å²) in [6, 6.07) is 17.6. The number of rotatable bonds is 6. The Labute approximate surface area is 186 Å². The van der Waals surface area contributed by atoms with Crippen LogP contribution in [0.3, 0.4) is 0 Å². The van der Waals surface area contributed by atoms with Crippen LogP contribution in [-0.2, 0) is 4.79 Å². The Morgan fingerprint density at radius 1 is 0.938 bits per heavy atom. The van der Waals surface area contributed by atoms with Crippen molar-refractivity contribution in [1.29, 1.82) is 0 Å². The largest absolute Gasteiger partial charge is 0.496 e. The summed E-state index contributed by atoms with van der Waals surface area (Å²) in [7, 11) is 1.63. The summed E-state index contributed by atoms with van der Waals surface area (Å²) < 4.78 is 24.7. The molecular weight excluding hydrogens is 411 g/mol. The van der Waals surface area contributed by atoms with Gasteiger partial charge in [-0.15, -0.1) is 10.2 Å². The van der Waals surface area contributed by atoms with Crippen molar-refractivity contribution in [3.63, 3.8) is 0 Å². The van der Waals surface area contributed by atoms with E-state index < -0.39 is 11.9 Å². The lowest BCUT2D eigenvalue weighted by Crippen LogP contribution is -2.52. The summed E-state index contributed by atoms with van der Waals surface area (Å²) in [4.78, 5) is 16.6. The first-order valence-electron chi connectivity index (χ1n) is 10.5. The number of hydrogen-bond acceptors (Lipinski definition) is 6. The van der Waals surface area contributed by atoms with Crippen LogP contribution in [0.5, 0.6) is 11.5 Å². The van der Waals surface area contributed by atoms with E-state index in [2.05, 4.69) is 15.1 Å². The van der Waals surface area contributed by atoms with Crippen molar-refractivity contribution in [1.82, 2.24) is 15.1 Å². The number of carbonyl (C=O) groups is 1. The molecule has 32 heavy (non-hydrogen) atoms. The zero-order valence-electron chi connectivity index (χ0n) is 18.1. The third-order valence-corrected chi connectivity index (χ3v) is 5.44. The van der Waals surface area contributed by atoms with Crippen molar-refractivity contribution < 1.29 is 18.7 Å². The van der Waals surface area contributed by atoms with E-state index in [1.165, 1.54) is 12.1 Å². The Morgan fingerprint density at radius 3 is 2.28 bits per heavy atom. The molecule has 1 unspecified atom stereocenters. The molecule has 0 radical (unpaired) electrons. The lowest BCUT2D eigenvalue weighted by molar-refractivity contribution is -0.138. The number of para-hydroxylation sites is 2. The summed E-state index contributed by atoms with van der Waals surface area (Å²) in [6.45, 7) is 3.95. The van der Waals surface area contributed by atoms with Crippen LogP contribution < -0.4 is 14.4 Å². The number of aromatic nitrogens is 2. The minimum absolute atomic E-state index is 0.0809. The van der Waals surface area contributed by atoms with Crippen molar-refractivity contribution in [3.05, 3.63) is 66.5 Å². The number of anilines is 1. The van der Waals surface area contributed by atoms with Gasteiger partial charge in [-0.3, -0.25) is 4.79 Å². The van der Waals surface area contributed by atoms with Crippen LogP contribution in [0.1, 0.15) is 6.92 Å². The molecule has 2 heterocycles. The smallest absolute Gasteiger partial charge is 0.263 e. The van der Waals surface area contributed by atoms with Crippen LogP contribution in [0.15, 0.2) is 60.7 Å². The molecule has 1 amide bonds. The number of methoxy groups -OCH3 is 1. The topological polar surface area (TPSA) is 67.8 Å². The molecule has 0 bridgehead atoms. The highest BCUT2D eigenvalue weighted by Gasteiger charge is 2.27. The number of benzene rings is 2. The molecule has 7 nitrogen and oxygen atoms in total. The quantitative estimate of drug-likeness (QED) is 0.590. The van der Waals surface area contributed by atoms with Gasteiger partial charge in [0.1, 0.15) is 5.75 Å². The number of piperazine rings is 1. The van der Waals surface area contributed by atoms with E-state index in [1.54, 1.807) is 31.1 Å². The fourth-order valence-electron chi connectivity index (χ4n) is 3.69. The molecule has 1 aromatic heterocycles. The van der Waals surface area contributed by atoms with Crippen LogP contribution in [0.4, 0.5) is 10.2 Å². The van der Waals surface area contributed by atoms with Crippen LogP contribution >= 0.6 is 0 Å². The van der Waals surface area contributed by atoms with Crippen LogP contribution in [0.25, 0.3) is 11.3 Å². The van der Waals surface area contributed by atoms with Gasteiger partial charge < -0.3 is 19.3 Å². The second-order valence-electron chi connectivity index (χ2n) is 7.48. The van der Waals surface area contributed by atoms with Gasteiger partial charge in [0.2, 0.25) is 0 Å².